The number of phosphoric ester groups is 1. The number of phosphoric acid groups is 3. The van der Waals surface area contributed by atoms with Crippen molar-refractivity contribution >= 4 is 29.3 Å². The number of aliphatic hydroxyl groups excluding tert-OH is 1. The van der Waals surface area contributed by atoms with Crippen LogP contribution in [0.5, 0.6) is 0 Å². The molecule has 17 nitrogen and oxygen atoms in total. The summed E-state index contributed by atoms with van der Waals surface area (Å²) in [6.07, 6.45) is 2.15. The van der Waals surface area contributed by atoms with Gasteiger partial charge in [-0.1, -0.05) is 12.2 Å². The molecular formula is C14H25N4O13P3. The van der Waals surface area contributed by atoms with Crippen LogP contribution in [-0.4, -0.2) is 59.6 Å². The molecule has 1 aliphatic rings. The molecule has 1 aromatic heterocycles. The van der Waals surface area contributed by atoms with Crippen molar-refractivity contribution in [2.75, 3.05) is 18.9 Å². The van der Waals surface area contributed by atoms with Crippen LogP contribution in [0.4, 0.5) is 5.82 Å². The van der Waals surface area contributed by atoms with Gasteiger partial charge in [-0.2, -0.15) is 13.6 Å². The van der Waals surface area contributed by atoms with Crippen LogP contribution in [-0.2, 0) is 38.0 Å². The lowest BCUT2D eigenvalue weighted by atomic mass is 10.2. The molecule has 0 spiro atoms. The zero-order valence-corrected chi connectivity index (χ0v) is 20.1. The first-order chi connectivity index (χ1) is 15.6. The van der Waals surface area contributed by atoms with Crippen LogP contribution in [0.25, 0.3) is 0 Å². The summed E-state index contributed by atoms with van der Waals surface area (Å²) in [5.41, 5.74) is 10.9. The third-order valence-corrected chi connectivity index (χ3v) is 8.03. The van der Waals surface area contributed by atoms with Crippen molar-refractivity contribution in [3.05, 3.63) is 34.4 Å². The fraction of sp³-hybridized carbons (Fsp3) is 0.571. The molecule has 0 aromatic carbocycles. The SMILES string of the molecule is NCC/C=C/Cc1cn([C@H]2C[C@H](O)[C@@H](COP(=O)(O)OP(=O)(O)OP(=O)(O)O)O2)c(=O)nc1N. The highest BCUT2D eigenvalue weighted by Gasteiger charge is 2.43. The standard InChI is InChI=1S/C14H25N4O13P3/c15-5-3-1-2-4-9-7-18(14(20)17-13(9)16)12-6-10(19)11(29-12)8-28-33(24,25)31-34(26,27)30-32(21,22)23/h1-2,7,10-12,19H,3-6,8,15H2,(H,24,25)(H,26,27)(H2,16,17,20)(H2,21,22,23)/b2-1+/t10-,11+,12+/m0/s1. The quantitative estimate of drug-likeness (QED) is 0.125. The van der Waals surface area contributed by atoms with E-state index in [0.717, 1.165) is 4.57 Å². The summed E-state index contributed by atoms with van der Waals surface area (Å²) in [6, 6.07) is 0. The van der Waals surface area contributed by atoms with Crippen LogP contribution < -0.4 is 17.2 Å². The summed E-state index contributed by atoms with van der Waals surface area (Å²) in [4.78, 5) is 51.7. The molecule has 0 amide bonds. The molecule has 2 heterocycles. The Bertz CT molecular complexity index is 1090. The number of aromatic nitrogens is 2. The van der Waals surface area contributed by atoms with Gasteiger partial charge >= 0.3 is 29.2 Å². The van der Waals surface area contributed by atoms with Crippen molar-refractivity contribution in [2.24, 2.45) is 5.73 Å². The van der Waals surface area contributed by atoms with E-state index in [0.29, 0.717) is 24.9 Å². The molecule has 2 rings (SSSR count). The molecule has 5 atom stereocenters. The van der Waals surface area contributed by atoms with Gasteiger partial charge in [-0.3, -0.25) is 9.09 Å². The van der Waals surface area contributed by atoms with Crippen molar-refractivity contribution in [2.45, 2.75) is 37.7 Å². The van der Waals surface area contributed by atoms with Crippen LogP contribution >= 0.6 is 23.5 Å². The lowest BCUT2D eigenvalue weighted by molar-refractivity contribution is -0.0450. The van der Waals surface area contributed by atoms with Gasteiger partial charge in [-0.25, -0.2) is 18.5 Å². The van der Waals surface area contributed by atoms with Crippen LogP contribution in [0.1, 0.15) is 24.6 Å². The first-order valence-corrected chi connectivity index (χ1v) is 14.0. The van der Waals surface area contributed by atoms with E-state index in [2.05, 4.69) is 18.1 Å². The fourth-order valence-corrected chi connectivity index (χ4v) is 5.85. The molecule has 1 fully saturated rings. The highest BCUT2D eigenvalue weighted by atomic mass is 31.3. The van der Waals surface area contributed by atoms with E-state index < -0.39 is 54.2 Å². The molecule has 20 heteroatoms. The van der Waals surface area contributed by atoms with Crippen LogP contribution in [0.15, 0.2) is 23.1 Å². The predicted octanol–water partition coefficient (Wildman–Crippen LogP) is -0.735. The molecule has 2 unspecified atom stereocenters. The van der Waals surface area contributed by atoms with Gasteiger partial charge in [0.2, 0.25) is 0 Å². The zero-order chi connectivity index (χ0) is 25.7. The Kier molecular flexibility index (Phi) is 9.90. The van der Waals surface area contributed by atoms with E-state index >= 15 is 0 Å². The predicted molar refractivity (Wildman–Crippen MR) is 114 cm³/mol. The van der Waals surface area contributed by atoms with Gasteiger partial charge < -0.3 is 40.9 Å². The summed E-state index contributed by atoms with van der Waals surface area (Å²) < 4.78 is 52.0. The topological polar surface area (TPSA) is 276 Å². The van der Waals surface area contributed by atoms with E-state index in [1.165, 1.54) is 6.20 Å². The average molecular weight is 550 g/mol. The number of nitrogens with two attached hydrogens (primary N) is 2. The minimum atomic E-state index is -5.69. The molecule has 0 saturated carbocycles. The van der Waals surface area contributed by atoms with Gasteiger partial charge in [-0.05, 0) is 19.4 Å². The number of aliphatic hydroxyl groups is 1. The number of nitrogen functional groups attached to an aromatic ring is 1. The number of hydrogen-bond acceptors (Lipinski definition) is 12. The summed E-state index contributed by atoms with van der Waals surface area (Å²) in [7, 11) is -16.6. The number of nitrogens with zero attached hydrogens (tertiary/aromatic N) is 2. The summed E-state index contributed by atoms with van der Waals surface area (Å²) in [5.74, 6) is 0.00130. The van der Waals surface area contributed by atoms with Gasteiger partial charge in [-0.15, -0.1) is 0 Å². The zero-order valence-electron chi connectivity index (χ0n) is 17.4. The Morgan fingerprint density at radius 3 is 2.47 bits per heavy atom. The number of ether oxygens (including phenoxy) is 1. The second-order valence-corrected chi connectivity index (χ2v) is 11.3. The number of allylic oxidation sites excluding steroid dienone is 1. The molecule has 1 aliphatic heterocycles. The molecule has 9 N–H and O–H groups in total. The number of anilines is 1. The Hall–Kier alpha value is -1.29. The number of rotatable bonds is 12. The lowest BCUT2D eigenvalue weighted by Gasteiger charge is -2.19. The highest BCUT2D eigenvalue weighted by molar-refractivity contribution is 7.66. The molecule has 1 saturated heterocycles. The lowest BCUT2D eigenvalue weighted by Crippen LogP contribution is -2.29. The second kappa shape index (κ2) is 11.6. The molecule has 0 bridgehead atoms. The highest BCUT2D eigenvalue weighted by Crippen LogP contribution is 2.66. The first kappa shape index (κ1) is 28.9. The van der Waals surface area contributed by atoms with Crippen molar-refractivity contribution in [3.63, 3.8) is 0 Å². The van der Waals surface area contributed by atoms with Crippen LogP contribution in [0, 0.1) is 0 Å². The van der Waals surface area contributed by atoms with E-state index in [1.54, 1.807) is 6.08 Å². The van der Waals surface area contributed by atoms with Gasteiger partial charge in [0, 0.05) is 18.2 Å². The largest absolute Gasteiger partial charge is 0.490 e. The van der Waals surface area contributed by atoms with Crippen molar-refractivity contribution < 1.29 is 56.3 Å². The Morgan fingerprint density at radius 2 is 1.85 bits per heavy atom. The maximum atomic E-state index is 12.3. The molecule has 194 valence electrons. The van der Waals surface area contributed by atoms with Crippen molar-refractivity contribution in [1.29, 1.82) is 0 Å². The Balaban J connectivity index is 2.05. The van der Waals surface area contributed by atoms with Gasteiger partial charge in [0.25, 0.3) is 0 Å². The molecule has 0 aliphatic carbocycles. The summed E-state index contributed by atoms with van der Waals surface area (Å²) in [6.45, 7) is -0.410. The van der Waals surface area contributed by atoms with Gasteiger partial charge in [0.05, 0.1) is 12.7 Å². The van der Waals surface area contributed by atoms with E-state index in [9.17, 15) is 28.5 Å². The van der Waals surface area contributed by atoms with E-state index in [4.69, 9.17) is 30.9 Å². The Morgan fingerprint density at radius 1 is 1.18 bits per heavy atom. The average Bonchev–Trinajstić information content (AvgIpc) is 3.02. The van der Waals surface area contributed by atoms with E-state index in [1.807, 2.05) is 6.08 Å². The monoisotopic (exact) mass is 550 g/mol. The maximum Gasteiger partial charge on any atom is 0.490 e. The fourth-order valence-electron chi connectivity index (χ4n) is 2.82. The normalized spacial score (nSPS) is 24.8. The minimum absolute atomic E-state index is 0.00130. The Labute approximate surface area is 192 Å². The third kappa shape index (κ3) is 9.06. The van der Waals surface area contributed by atoms with Crippen molar-refractivity contribution in [3.8, 4) is 0 Å². The summed E-state index contributed by atoms with van der Waals surface area (Å²) in [5, 5.41) is 10.2. The van der Waals surface area contributed by atoms with Gasteiger partial charge in [0.15, 0.2) is 0 Å². The van der Waals surface area contributed by atoms with E-state index in [-0.39, 0.29) is 12.2 Å². The smallest absolute Gasteiger partial charge is 0.390 e. The molecule has 34 heavy (non-hydrogen) atoms. The first-order valence-electron chi connectivity index (χ1n) is 9.47. The minimum Gasteiger partial charge on any atom is -0.390 e. The molecular weight excluding hydrogens is 525 g/mol. The molecule has 1 aromatic rings. The summed E-state index contributed by atoms with van der Waals surface area (Å²) >= 11 is 0. The van der Waals surface area contributed by atoms with Crippen LogP contribution in [0.2, 0.25) is 0 Å². The number of hydrogen-bond donors (Lipinski definition) is 7. The molecule has 0 radical (unpaired) electrons. The maximum absolute atomic E-state index is 12.3. The van der Waals surface area contributed by atoms with Crippen LogP contribution in [0.3, 0.4) is 0 Å². The van der Waals surface area contributed by atoms with Gasteiger partial charge in [0.1, 0.15) is 18.1 Å². The second-order valence-electron chi connectivity index (χ2n) is 6.91. The third-order valence-electron chi connectivity index (χ3n) is 4.23. The van der Waals surface area contributed by atoms with Crippen molar-refractivity contribution in [1.82, 2.24) is 9.55 Å².